The summed E-state index contributed by atoms with van der Waals surface area (Å²) in [7, 11) is 0. The van der Waals surface area contributed by atoms with Gasteiger partial charge < -0.3 is 16.7 Å². The van der Waals surface area contributed by atoms with Crippen LogP contribution in [0.4, 0.5) is 0 Å². The van der Waals surface area contributed by atoms with Crippen LogP contribution in [0.2, 0.25) is 0 Å². The molecule has 0 radical (unpaired) electrons. The molecule has 2 amide bonds. The lowest BCUT2D eigenvalue weighted by Crippen LogP contribution is -2.50. The van der Waals surface area contributed by atoms with Crippen LogP contribution in [0.5, 0.6) is 0 Å². The Morgan fingerprint density at radius 2 is 1.85 bits per heavy atom. The molecule has 5 N–H and O–H groups in total. The molecule has 2 atom stereocenters. The third-order valence-corrected chi connectivity index (χ3v) is 3.20. The highest BCUT2D eigenvalue weighted by Gasteiger charge is 2.29. The van der Waals surface area contributed by atoms with E-state index in [1.54, 1.807) is 0 Å². The van der Waals surface area contributed by atoms with E-state index < -0.39 is 17.9 Å². The predicted octanol–water partition coefficient (Wildman–Crippen LogP) is 0.428. The maximum absolute atomic E-state index is 11.4. The van der Waals surface area contributed by atoms with Crippen LogP contribution in [-0.2, 0) is 16.0 Å². The number of rotatable bonds is 8. The maximum atomic E-state index is 11.4. The zero-order valence-electron chi connectivity index (χ0n) is 11.5. The maximum Gasteiger partial charge on any atom is 0.237 e. The van der Waals surface area contributed by atoms with Crippen molar-refractivity contribution in [1.29, 1.82) is 0 Å². The molecule has 0 spiro atoms. The van der Waals surface area contributed by atoms with Gasteiger partial charge >= 0.3 is 0 Å². The molecule has 0 bridgehead atoms. The van der Waals surface area contributed by atoms with Gasteiger partial charge in [-0.2, -0.15) is 5.06 Å². The van der Waals surface area contributed by atoms with Crippen molar-refractivity contribution in [3.05, 3.63) is 35.9 Å². The summed E-state index contributed by atoms with van der Waals surface area (Å²) in [6.45, 7) is 1.89. The van der Waals surface area contributed by atoms with Crippen molar-refractivity contribution in [2.75, 3.05) is 0 Å². The van der Waals surface area contributed by atoms with Crippen LogP contribution in [0.3, 0.4) is 0 Å². The lowest BCUT2D eigenvalue weighted by molar-refractivity contribution is -0.174. The number of hydrogen-bond acceptors (Lipinski definition) is 4. The summed E-state index contributed by atoms with van der Waals surface area (Å²) in [6, 6.07) is 8.17. The molecule has 1 aromatic carbocycles. The first-order chi connectivity index (χ1) is 9.45. The van der Waals surface area contributed by atoms with E-state index in [0.717, 1.165) is 10.6 Å². The second-order valence-electron chi connectivity index (χ2n) is 4.72. The molecule has 6 heteroatoms. The molecule has 0 aliphatic rings. The summed E-state index contributed by atoms with van der Waals surface area (Å²) in [5.74, 6) is -1.44. The number of primary amides is 2. The van der Waals surface area contributed by atoms with E-state index in [2.05, 4.69) is 0 Å². The van der Waals surface area contributed by atoms with Gasteiger partial charge in [-0.1, -0.05) is 37.3 Å². The minimum atomic E-state index is -1.10. The van der Waals surface area contributed by atoms with E-state index >= 15 is 0 Å². The summed E-state index contributed by atoms with van der Waals surface area (Å²) >= 11 is 0. The van der Waals surface area contributed by atoms with Gasteiger partial charge in [0.15, 0.2) is 0 Å². The van der Waals surface area contributed by atoms with Crippen molar-refractivity contribution in [3.63, 3.8) is 0 Å². The van der Waals surface area contributed by atoms with Crippen LogP contribution in [0.1, 0.15) is 25.3 Å². The summed E-state index contributed by atoms with van der Waals surface area (Å²) in [4.78, 5) is 22.3. The fourth-order valence-corrected chi connectivity index (χ4v) is 2.08. The number of hydroxylamine groups is 2. The Labute approximate surface area is 118 Å². The minimum Gasteiger partial charge on any atom is -0.370 e. The summed E-state index contributed by atoms with van der Waals surface area (Å²) in [6.07, 6.45) is 0.863. The normalized spacial score (nSPS) is 13.9. The number of hydrogen-bond donors (Lipinski definition) is 3. The van der Waals surface area contributed by atoms with Crippen LogP contribution < -0.4 is 11.5 Å². The zero-order valence-corrected chi connectivity index (χ0v) is 11.5. The van der Waals surface area contributed by atoms with Crippen molar-refractivity contribution in [1.82, 2.24) is 5.06 Å². The number of benzene rings is 1. The SMILES string of the molecule is CCC(Cc1ccccc1)N(O)C(CC(N)=O)C(N)=O. The molecular weight excluding hydrogens is 258 g/mol. The van der Waals surface area contributed by atoms with E-state index in [4.69, 9.17) is 11.5 Å². The highest BCUT2D eigenvalue weighted by molar-refractivity contribution is 5.86. The van der Waals surface area contributed by atoms with Crippen molar-refractivity contribution in [3.8, 4) is 0 Å². The topological polar surface area (TPSA) is 110 Å². The van der Waals surface area contributed by atoms with Crippen LogP contribution in [0, 0.1) is 0 Å². The summed E-state index contributed by atoms with van der Waals surface area (Å²) in [5.41, 5.74) is 11.3. The Morgan fingerprint density at radius 1 is 1.25 bits per heavy atom. The number of nitrogens with two attached hydrogens (primary N) is 2. The monoisotopic (exact) mass is 279 g/mol. The van der Waals surface area contributed by atoms with Gasteiger partial charge in [-0.3, -0.25) is 9.59 Å². The standard InChI is InChI=1S/C14H21N3O3/c1-2-11(8-10-6-4-3-5-7-10)17(20)12(14(16)19)9-13(15)18/h3-7,11-12,20H,2,8-9H2,1H3,(H2,15,18)(H2,16,19). The van der Waals surface area contributed by atoms with E-state index in [-0.39, 0.29) is 12.5 Å². The van der Waals surface area contributed by atoms with E-state index in [9.17, 15) is 14.8 Å². The first kappa shape index (κ1) is 16.1. The molecule has 110 valence electrons. The van der Waals surface area contributed by atoms with Crippen LogP contribution in [0.15, 0.2) is 30.3 Å². The molecule has 0 aliphatic heterocycles. The first-order valence-electron chi connectivity index (χ1n) is 6.54. The van der Waals surface area contributed by atoms with Gasteiger partial charge in [-0.25, -0.2) is 0 Å². The third-order valence-electron chi connectivity index (χ3n) is 3.20. The molecule has 1 aromatic rings. The smallest absolute Gasteiger partial charge is 0.237 e. The average molecular weight is 279 g/mol. The van der Waals surface area contributed by atoms with Crippen LogP contribution >= 0.6 is 0 Å². The Morgan fingerprint density at radius 3 is 2.30 bits per heavy atom. The third kappa shape index (κ3) is 4.64. The Kier molecular flexibility index (Phi) is 6.14. The quantitative estimate of drug-likeness (QED) is 0.599. The second kappa shape index (κ2) is 7.62. The van der Waals surface area contributed by atoms with Gasteiger partial charge in [0.1, 0.15) is 6.04 Å². The van der Waals surface area contributed by atoms with Gasteiger partial charge in [0, 0.05) is 6.04 Å². The molecule has 6 nitrogen and oxygen atoms in total. The predicted molar refractivity (Wildman–Crippen MR) is 74.6 cm³/mol. The lowest BCUT2D eigenvalue weighted by Gasteiger charge is -2.30. The van der Waals surface area contributed by atoms with E-state index in [1.807, 2.05) is 37.3 Å². The van der Waals surface area contributed by atoms with Gasteiger partial charge in [0.2, 0.25) is 11.8 Å². The number of carbonyl (C=O) groups excluding carboxylic acids is 2. The Balaban J connectivity index is 2.80. The van der Waals surface area contributed by atoms with Crippen molar-refractivity contribution in [2.45, 2.75) is 38.3 Å². The molecule has 20 heavy (non-hydrogen) atoms. The van der Waals surface area contributed by atoms with Gasteiger partial charge in [-0.15, -0.1) is 0 Å². The molecule has 0 heterocycles. The fourth-order valence-electron chi connectivity index (χ4n) is 2.08. The number of amides is 2. The lowest BCUT2D eigenvalue weighted by atomic mass is 10.0. The van der Waals surface area contributed by atoms with E-state index in [1.165, 1.54) is 0 Å². The van der Waals surface area contributed by atoms with Gasteiger partial charge in [-0.05, 0) is 18.4 Å². The van der Waals surface area contributed by atoms with Crippen LogP contribution in [0.25, 0.3) is 0 Å². The summed E-state index contributed by atoms with van der Waals surface area (Å²) in [5, 5.41) is 11.0. The first-order valence-corrected chi connectivity index (χ1v) is 6.54. The Hall–Kier alpha value is -1.92. The Bertz CT molecular complexity index is 450. The molecule has 0 saturated heterocycles. The highest BCUT2D eigenvalue weighted by atomic mass is 16.5. The molecule has 2 unspecified atom stereocenters. The van der Waals surface area contributed by atoms with Crippen molar-refractivity contribution < 1.29 is 14.8 Å². The van der Waals surface area contributed by atoms with Crippen molar-refractivity contribution in [2.24, 2.45) is 11.5 Å². The largest absolute Gasteiger partial charge is 0.370 e. The average Bonchev–Trinajstić information content (AvgIpc) is 2.42. The molecule has 0 saturated carbocycles. The molecular formula is C14H21N3O3. The molecule has 0 aromatic heterocycles. The number of carbonyl (C=O) groups is 2. The molecule has 0 fully saturated rings. The highest BCUT2D eigenvalue weighted by Crippen LogP contribution is 2.14. The second-order valence-corrected chi connectivity index (χ2v) is 4.72. The van der Waals surface area contributed by atoms with Gasteiger partial charge in [0.05, 0.1) is 6.42 Å². The van der Waals surface area contributed by atoms with Gasteiger partial charge in [0.25, 0.3) is 0 Å². The molecule has 0 aliphatic carbocycles. The summed E-state index contributed by atoms with van der Waals surface area (Å²) < 4.78 is 0. The van der Waals surface area contributed by atoms with Crippen molar-refractivity contribution >= 4 is 11.8 Å². The zero-order chi connectivity index (χ0) is 15.1. The molecule has 1 rings (SSSR count). The number of nitrogens with zero attached hydrogens (tertiary/aromatic N) is 1. The fraction of sp³-hybridized carbons (Fsp3) is 0.429. The van der Waals surface area contributed by atoms with E-state index in [0.29, 0.717) is 12.8 Å². The minimum absolute atomic E-state index is 0.295. The van der Waals surface area contributed by atoms with Crippen LogP contribution in [-0.4, -0.2) is 34.2 Å².